The van der Waals surface area contributed by atoms with Crippen LogP contribution in [0.1, 0.15) is 31.2 Å². The molecule has 154 valence electrons. The van der Waals surface area contributed by atoms with E-state index in [0.29, 0.717) is 22.2 Å². The average Bonchev–Trinajstić information content (AvgIpc) is 3.14. The fourth-order valence-electron chi connectivity index (χ4n) is 4.27. The van der Waals surface area contributed by atoms with Gasteiger partial charge in [0.2, 0.25) is 5.95 Å². The molecule has 2 radical (unpaired) electrons. The maximum absolute atomic E-state index is 9.93. The number of thioether (sulfide) groups is 1. The van der Waals surface area contributed by atoms with Crippen LogP contribution >= 0.6 is 11.8 Å². The van der Waals surface area contributed by atoms with Crippen molar-refractivity contribution >= 4 is 43.5 Å². The van der Waals surface area contributed by atoms with E-state index in [1.807, 2.05) is 12.3 Å². The SMILES string of the molecule is [B]c1cnn2c(N(CC3CCC(O)CC3)B(C)Cc3ccccc3)nc(SC)nc12. The number of nitrogens with zero attached hydrogens (tertiary/aromatic N) is 5. The van der Waals surface area contributed by atoms with E-state index in [2.05, 4.69) is 46.0 Å². The Hall–Kier alpha value is -1.99. The molecule has 0 amide bonds. The smallest absolute Gasteiger partial charge is 0.259 e. The second kappa shape index (κ2) is 9.43. The van der Waals surface area contributed by atoms with Gasteiger partial charge in [-0.3, -0.25) is 0 Å². The van der Waals surface area contributed by atoms with E-state index in [0.717, 1.165) is 44.5 Å². The van der Waals surface area contributed by atoms with Gasteiger partial charge in [-0.2, -0.15) is 14.6 Å². The van der Waals surface area contributed by atoms with Gasteiger partial charge >= 0.3 is 0 Å². The molecule has 6 nitrogen and oxygen atoms in total. The Labute approximate surface area is 184 Å². The van der Waals surface area contributed by atoms with E-state index in [9.17, 15) is 5.11 Å². The average molecular weight is 419 g/mol. The second-order valence-electron chi connectivity index (χ2n) is 8.21. The Morgan fingerprint density at radius 3 is 2.63 bits per heavy atom. The molecule has 1 aliphatic carbocycles. The Kier molecular flexibility index (Phi) is 6.68. The first-order valence-corrected chi connectivity index (χ1v) is 11.8. The topological polar surface area (TPSA) is 66.5 Å². The summed E-state index contributed by atoms with van der Waals surface area (Å²) in [6.07, 6.45) is 8.17. The minimum atomic E-state index is -0.156. The Morgan fingerprint density at radius 1 is 1.20 bits per heavy atom. The van der Waals surface area contributed by atoms with Crippen molar-refractivity contribution in [3.8, 4) is 0 Å². The van der Waals surface area contributed by atoms with Gasteiger partial charge in [-0.25, -0.2) is 4.98 Å². The van der Waals surface area contributed by atoms with E-state index >= 15 is 0 Å². The predicted molar refractivity (Wildman–Crippen MR) is 125 cm³/mol. The van der Waals surface area contributed by atoms with Gasteiger partial charge in [0.25, 0.3) is 6.85 Å². The molecule has 9 heteroatoms. The van der Waals surface area contributed by atoms with Gasteiger partial charge in [0, 0.05) is 12.7 Å². The van der Waals surface area contributed by atoms with Crippen LogP contribution in [0.15, 0.2) is 41.7 Å². The Morgan fingerprint density at radius 2 is 1.93 bits per heavy atom. The summed E-state index contributed by atoms with van der Waals surface area (Å²) in [7, 11) is 6.14. The first-order valence-electron chi connectivity index (χ1n) is 10.6. The lowest BCUT2D eigenvalue weighted by Crippen LogP contribution is -2.45. The van der Waals surface area contributed by atoms with Crippen LogP contribution in [0.2, 0.25) is 6.82 Å². The first kappa shape index (κ1) is 21.2. The number of aliphatic hydroxyl groups is 1. The lowest BCUT2D eigenvalue weighted by Gasteiger charge is -2.35. The monoisotopic (exact) mass is 419 g/mol. The highest BCUT2D eigenvalue weighted by Crippen LogP contribution is 2.28. The molecule has 0 saturated heterocycles. The van der Waals surface area contributed by atoms with Gasteiger partial charge in [0.15, 0.2) is 10.8 Å². The molecule has 3 aromatic rings. The Bertz CT molecular complexity index is 978. The molecule has 30 heavy (non-hydrogen) atoms. The Balaban J connectivity index is 1.70. The summed E-state index contributed by atoms with van der Waals surface area (Å²) >= 11 is 1.51. The zero-order chi connectivity index (χ0) is 21.1. The number of anilines is 1. The van der Waals surface area contributed by atoms with Crippen molar-refractivity contribution in [2.75, 3.05) is 17.6 Å². The van der Waals surface area contributed by atoms with Gasteiger partial charge in [-0.1, -0.05) is 54.5 Å². The van der Waals surface area contributed by atoms with Crippen molar-refractivity contribution in [3.05, 3.63) is 42.1 Å². The second-order valence-corrected chi connectivity index (χ2v) is 8.98. The van der Waals surface area contributed by atoms with Crippen molar-refractivity contribution < 1.29 is 5.11 Å². The van der Waals surface area contributed by atoms with Crippen molar-refractivity contribution in [2.24, 2.45) is 5.92 Å². The summed E-state index contributed by atoms with van der Waals surface area (Å²) in [4.78, 5) is 11.8. The van der Waals surface area contributed by atoms with Gasteiger partial charge in [-0.05, 0) is 49.6 Å². The molecule has 0 bridgehead atoms. The number of rotatable bonds is 7. The molecule has 1 aromatic carbocycles. The van der Waals surface area contributed by atoms with Crippen LogP contribution in [0.5, 0.6) is 0 Å². The number of hydrogen-bond acceptors (Lipinski definition) is 6. The zero-order valence-electron chi connectivity index (χ0n) is 17.6. The molecule has 1 saturated carbocycles. The maximum Gasteiger partial charge on any atom is 0.259 e. The summed E-state index contributed by atoms with van der Waals surface area (Å²) in [5, 5.41) is 15.1. The van der Waals surface area contributed by atoms with Crippen molar-refractivity contribution in [3.63, 3.8) is 0 Å². The summed E-state index contributed by atoms with van der Waals surface area (Å²) in [5.41, 5.74) is 2.51. The lowest BCUT2D eigenvalue weighted by atomic mass is 9.57. The van der Waals surface area contributed by atoms with E-state index in [1.165, 1.54) is 17.3 Å². The fraction of sp³-hybridized carbons (Fsp3) is 0.476. The molecule has 2 heterocycles. The number of benzene rings is 1. The number of hydrogen-bond donors (Lipinski definition) is 1. The number of aliphatic hydroxyl groups excluding tert-OH is 1. The fourth-order valence-corrected chi connectivity index (χ4v) is 4.62. The minimum absolute atomic E-state index is 0.156. The van der Waals surface area contributed by atoms with Crippen LogP contribution < -0.4 is 10.3 Å². The third-order valence-electron chi connectivity index (χ3n) is 5.97. The largest absolute Gasteiger partial charge is 0.393 e. The molecule has 1 aliphatic rings. The van der Waals surface area contributed by atoms with E-state index in [1.54, 1.807) is 10.7 Å². The quantitative estimate of drug-likeness (QED) is 0.469. The van der Waals surface area contributed by atoms with Gasteiger partial charge in [0.1, 0.15) is 7.85 Å². The summed E-state index contributed by atoms with van der Waals surface area (Å²) in [6, 6.07) is 10.5. The highest BCUT2D eigenvalue weighted by atomic mass is 32.2. The van der Waals surface area contributed by atoms with Crippen molar-refractivity contribution in [1.82, 2.24) is 19.6 Å². The van der Waals surface area contributed by atoms with Gasteiger partial charge in [-0.15, -0.1) is 0 Å². The molecular weight excluding hydrogens is 392 g/mol. The standard InChI is InChI=1S/C21H27B2N5OS/c1-23(12-15-6-4-3-5-7-15)27(14-16-8-10-17(29)11-9-16)21-26-20(30-2)25-19-18(22)13-24-28(19)21/h3-7,13,16-17,29H,8-12,14H2,1-2H3. The van der Waals surface area contributed by atoms with Gasteiger partial charge in [0.05, 0.1) is 6.10 Å². The summed E-state index contributed by atoms with van der Waals surface area (Å²) in [5.74, 6) is 1.30. The lowest BCUT2D eigenvalue weighted by molar-refractivity contribution is 0.110. The molecule has 1 N–H and O–H groups in total. The van der Waals surface area contributed by atoms with Crippen LogP contribution in [0, 0.1) is 5.92 Å². The van der Waals surface area contributed by atoms with Crippen LogP contribution in [-0.4, -0.2) is 58.3 Å². The van der Waals surface area contributed by atoms with E-state index in [4.69, 9.17) is 12.8 Å². The highest BCUT2D eigenvalue weighted by Gasteiger charge is 2.29. The molecule has 0 unspecified atom stereocenters. The molecule has 1 fully saturated rings. The van der Waals surface area contributed by atoms with Crippen molar-refractivity contribution in [1.29, 1.82) is 0 Å². The summed E-state index contributed by atoms with van der Waals surface area (Å²) in [6.45, 7) is 3.34. The van der Waals surface area contributed by atoms with Crippen molar-refractivity contribution in [2.45, 2.75) is 50.1 Å². The van der Waals surface area contributed by atoms with Gasteiger partial charge < -0.3 is 9.92 Å². The third kappa shape index (κ3) is 4.67. The first-order chi connectivity index (χ1) is 14.5. The van der Waals surface area contributed by atoms with Crippen LogP contribution in [0.3, 0.4) is 0 Å². The van der Waals surface area contributed by atoms with Crippen LogP contribution in [0.25, 0.3) is 5.65 Å². The van der Waals surface area contributed by atoms with E-state index < -0.39 is 0 Å². The highest BCUT2D eigenvalue weighted by molar-refractivity contribution is 7.98. The molecule has 0 spiro atoms. The van der Waals surface area contributed by atoms with Crippen LogP contribution in [0.4, 0.5) is 5.95 Å². The number of fused-ring (bicyclic) bond motifs is 1. The molecular formula is C21H27B2N5OS. The predicted octanol–water partition coefficient (Wildman–Crippen LogP) is 2.40. The molecule has 0 atom stereocenters. The molecule has 0 aliphatic heterocycles. The number of aromatic nitrogens is 4. The minimum Gasteiger partial charge on any atom is -0.393 e. The van der Waals surface area contributed by atoms with E-state index in [-0.39, 0.29) is 13.0 Å². The molecule has 2 aromatic heterocycles. The van der Waals surface area contributed by atoms with Crippen LogP contribution in [-0.2, 0) is 6.32 Å². The molecule has 4 rings (SSSR count). The third-order valence-corrected chi connectivity index (χ3v) is 6.52. The summed E-state index contributed by atoms with van der Waals surface area (Å²) < 4.78 is 1.77. The zero-order valence-corrected chi connectivity index (χ0v) is 18.4. The maximum atomic E-state index is 9.93. The normalized spacial score (nSPS) is 19.2.